The second-order valence-corrected chi connectivity index (χ2v) is 29.1. The third kappa shape index (κ3) is 10.8. The van der Waals surface area contributed by atoms with E-state index in [1.165, 1.54) is 0 Å². The van der Waals surface area contributed by atoms with Gasteiger partial charge in [-0.15, -0.1) is 0 Å². The molecule has 0 aliphatic heterocycles. The fourth-order valence-electron chi connectivity index (χ4n) is 2.89. The molecule has 146 valence electrons. The molecule has 2 atom stereocenters. The molecule has 0 heterocycles. The van der Waals surface area contributed by atoms with Gasteiger partial charge < -0.3 is 21.2 Å². The molecule has 2 unspecified atom stereocenters. The maximum absolute atomic E-state index is 6.65. The largest absolute Gasteiger partial charge is 0.437 e. The zero-order chi connectivity index (χ0) is 19.4. The van der Waals surface area contributed by atoms with Gasteiger partial charge >= 0.3 is 25.7 Å². The van der Waals surface area contributed by atoms with Crippen molar-refractivity contribution in [2.75, 3.05) is 13.3 Å². The van der Waals surface area contributed by atoms with Gasteiger partial charge in [0.15, 0.2) is 16.6 Å². The van der Waals surface area contributed by atoms with Gasteiger partial charge in [0.2, 0.25) is 0 Å². The fourth-order valence-corrected chi connectivity index (χ4v) is 25.6. The standard InChI is InChI=1S/C14H40O5Si5/c1-13-23(11,17-21(6,7)8)19-24(12,14-15-2)18-22(9,10)16-20(3,4)5/h13-14H2,1-12H3. The minimum absolute atomic E-state index is 0.496. The van der Waals surface area contributed by atoms with E-state index in [1.807, 2.05) is 0 Å². The van der Waals surface area contributed by atoms with Crippen LogP contribution in [0.5, 0.6) is 0 Å². The van der Waals surface area contributed by atoms with Crippen molar-refractivity contribution in [3.63, 3.8) is 0 Å². The van der Waals surface area contributed by atoms with E-state index in [9.17, 15) is 0 Å². The van der Waals surface area contributed by atoms with Crippen LogP contribution < -0.4 is 0 Å². The second kappa shape index (κ2) is 8.72. The molecule has 0 spiro atoms. The third-order valence-corrected chi connectivity index (χ3v) is 20.9. The molecule has 0 bridgehead atoms. The van der Waals surface area contributed by atoms with Crippen LogP contribution in [0.4, 0.5) is 0 Å². The summed E-state index contributed by atoms with van der Waals surface area (Å²) in [6.07, 6.45) is 0.496. The van der Waals surface area contributed by atoms with Gasteiger partial charge in [-0.1, -0.05) is 6.92 Å². The third-order valence-electron chi connectivity index (χ3n) is 3.02. The zero-order valence-corrected chi connectivity index (χ0v) is 23.0. The summed E-state index contributed by atoms with van der Waals surface area (Å²) < 4.78 is 31.5. The predicted molar refractivity (Wildman–Crippen MR) is 114 cm³/mol. The smallest absolute Gasteiger partial charge is 0.344 e. The fraction of sp³-hybridized carbons (Fsp3) is 1.00. The minimum atomic E-state index is -2.55. The van der Waals surface area contributed by atoms with Crippen LogP contribution in [-0.4, -0.2) is 55.7 Å². The van der Waals surface area contributed by atoms with Crippen LogP contribution >= 0.6 is 0 Å². The van der Waals surface area contributed by atoms with Gasteiger partial charge in [-0.25, -0.2) is 0 Å². The maximum atomic E-state index is 6.65. The van der Waals surface area contributed by atoms with Gasteiger partial charge in [0.25, 0.3) is 0 Å². The van der Waals surface area contributed by atoms with Crippen LogP contribution in [-0.2, 0) is 21.2 Å². The van der Waals surface area contributed by atoms with E-state index in [-0.39, 0.29) is 0 Å². The Bertz CT molecular complexity index is 396. The lowest BCUT2D eigenvalue weighted by Gasteiger charge is -2.43. The number of ether oxygens (including phenoxy) is 1. The zero-order valence-electron chi connectivity index (χ0n) is 18.0. The molecule has 24 heavy (non-hydrogen) atoms. The van der Waals surface area contributed by atoms with Crippen LogP contribution in [0.25, 0.3) is 0 Å². The number of hydrogen-bond acceptors (Lipinski definition) is 5. The lowest BCUT2D eigenvalue weighted by Crippen LogP contribution is -2.62. The monoisotopic (exact) mass is 428 g/mol. The molecule has 0 radical (unpaired) electrons. The lowest BCUT2D eigenvalue weighted by atomic mass is 11.0. The molecular weight excluding hydrogens is 389 g/mol. The average Bonchev–Trinajstić information content (AvgIpc) is 2.20. The van der Waals surface area contributed by atoms with Gasteiger partial charge in [-0.2, -0.15) is 0 Å². The van der Waals surface area contributed by atoms with E-state index < -0.39 is 42.3 Å². The molecule has 0 rings (SSSR count). The lowest BCUT2D eigenvalue weighted by molar-refractivity contribution is 0.192. The molecule has 0 saturated heterocycles. The summed E-state index contributed by atoms with van der Waals surface area (Å²) in [7, 11) is -8.77. The summed E-state index contributed by atoms with van der Waals surface area (Å²) in [4.78, 5) is 0. The van der Waals surface area contributed by atoms with E-state index in [4.69, 9.17) is 21.2 Å². The summed E-state index contributed by atoms with van der Waals surface area (Å²) in [6.45, 7) is 23.8. The molecule has 0 aromatic heterocycles. The number of methoxy groups -OCH3 is 1. The van der Waals surface area contributed by atoms with Crippen LogP contribution in [0.15, 0.2) is 0 Å². The molecule has 0 fully saturated rings. The van der Waals surface area contributed by atoms with E-state index in [0.29, 0.717) is 6.23 Å². The van der Waals surface area contributed by atoms with Crippen molar-refractivity contribution in [3.8, 4) is 0 Å². The van der Waals surface area contributed by atoms with Gasteiger partial charge in [0.1, 0.15) is 0 Å². The normalized spacial score (nSPS) is 19.0. The highest BCUT2D eigenvalue weighted by atomic mass is 28.5. The molecule has 0 aromatic carbocycles. The highest BCUT2D eigenvalue weighted by Crippen LogP contribution is 2.28. The highest BCUT2D eigenvalue weighted by molar-refractivity contribution is 6.90. The molecule has 0 aliphatic rings. The average molecular weight is 429 g/mol. The van der Waals surface area contributed by atoms with Crippen LogP contribution in [0, 0.1) is 0 Å². The first-order valence-corrected chi connectivity index (χ1v) is 23.4. The minimum Gasteiger partial charge on any atom is -0.437 e. The van der Waals surface area contributed by atoms with E-state index in [2.05, 4.69) is 72.4 Å². The summed E-state index contributed by atoms with van der Waals surface area (Å²) in [5.74, 6) is 0. The van der Waals surface area contributed by atoms with Crippen molar-refractivity contribution in [1.82, 2.24) is 0 Å². The SMILES string of the molecule is CC[Si](C)(O[Si](C)(C)C)O[Si](C)(COC)O[Si](C)(C)O[Si](C)(C)C. The van der Waals surface area contributed by atoms with Crippen molar-refractivity contribution in [1.29, 1.82) is 0 Å². The van der Waals surface area contributed by atoms with Crippen LogP contribution in [0.1, 0.15) is 6.92 Å². The number of rotatable bonds is 11. The topological polar surface area (TPSA) is 46.2 Å². The van der Waals surface area contributed by atoms with Crippen LogP contribution in [0.2, 0.25) is 71.5 Å². The molecule has 0 aliphatic carbocycles. The van der Waals surface area contributed by atoms with Gasteiger partial charge in [0.05, 0.1) is 6.23 Å². The Morgan fingerprint density at radius 2 is 1.04 bits per heavy atom. The molecule has 10 heteroatoms. The second-order valence-electron chi connectivity index (χ2n) is 9.09. The first kappa shape index (κ1) is 24.9. The molecule has 0 saturated carbocycles. The Kier molecular flexibility index (Phi) is 9.04. The molecule has 5 nitrogen and oxygen atoms in total. The molecule has 0 amide bonds. The summed E-state index contributed by atoms with van der Waals surface area (Å²) in [5.41, 5.74) is 0. The summed E-state index contributed by atoms with van der Waals surface area (Å²) in [5, 5.41) is 0. The first-order chi connectivity index (χ1) is 10.4. The summed E-state index contributed by atoms with van der Waals surface area (Å²) >= 11 is 0. The Hall–Kier alpha value is 0.884. The van der Waals surface area contributed by atoms with Crippen LogP contribution in [0.3, 0.4) is 0 Å². The Labute approximate surface area is 155 Å². The van der Waals surface area contributed by atoms with Crippen molar-refractivity contribution in [2.24, 2.45) is 0 Å². The van der Waals surface area contributed by atoms with E-state index in [0.717, 1.165) is 6.04 Å². The highest BCUT2D eigenvalue weighted by Gasteiger charge is 2.48. The Morgan fingerprint density at radius 3 is 1.38 bits per heavy atom. The molecule has 0 N–H and O–H groups in total. The maximum Gasteiger partial charge on any atom is 0.344 e. The van der Waals surface area contributed by atoms with Gasteiger partial charge in [-0.3, -0.25) is 0 Å². The molecule has 0 aromatic rings. The van der Waals surface area contributed by atoms with E-state index in [1.54, 1.807) is 7.11 Å². The van der Waals surface area contributed by atoms with Crippen molar-refractivity contribution < 1.29 is 21.2 Å². The van der Waals surface area contributed by atoms with Crippen molar-refractivity contribution >= 4 is 42.3 Å². The Morgan fingerprint density at radius 1 is 0.583 bits per heavy atom. The summed E-state index contributed by atoms with van der Waals surface area (Å²) in [6, 6.07) is 0.907. The first-order valence-electron chi connectivity index (χ1n) is 8.74. The van der Waals surface area contributed by atoms with Gasteiger partial charge in [-0.05, 0) is 71.5 Å². The van der Waals surface area contributed by atoms with Crippen molar-refractivity contribution in [3.05, 3.63) is 0 Å². The van der Waals surface area contributed by atoms with E-state index >= 15 is 0 Å². The quantitative estimate of drug-likeness (QED) is 0.443. The predicted octanol–water partition coefficient (Wildman–Crippen LogP) is 4.77. The number of hydrogen-bond donors (Lipinski definition) is 0. The van der Waals surface area contributed by atoms with Crippen molar-refractivity contribution in [2.45, 2.75) is 78.4 Å². The molecular formula is C14H40O5Si5. The van der Waals surface area contributed by atoms with Gasteiger partial charge in [0, 0.05) is 7.11 Å². The Balaban J connectivity index is 5.35.